The van der Waals surface area contributed by atoms with Gasteiger partial charge < -0.3 is 14.5 Å². The number of fused-ring (bicyclic) bond motifs is 2. The van der Waals surface area contributed by atoms with Crippen LogP contribution in [0.4, 0.5) is 0 Å². The van der Waals surface area contributed by atoms with Crippen LogP contribution in [0, 0.1) is 0 Å². The fourth-order valence-electron chi connectivity index (χ4n) is 3.31. The van der Waals surface area contributed by atoms with Crippen LogP contribution < -0.4 is 9.47 Å². The Hall–Kier alpha value is -3.27. The van der Waals surface area contributed by atoms with Gasteiger partial charge in [0.1, 0.15) is 17.1 Å². The molecule has 1 N–H and O–H groups in total. The topological polar surface area (TPSA) is 51.3 Å². The molecule has 27 heavy (non-hydrogen) atoms. The summed E-state index contributed by atoms with van der Waals surface area (Å²) in [6, 6.07) is 11.6. The van der Waals surface area contributed by atoms with E-state index in [0.29, 0.717) is 17.1 Å². The van der Waals surface area contributed by atoms with Crippen LogP contribution in [-0.2, 0) is 0 Å². The Morgan fingerprint density at radius 1 is 1.19 bits per heavy atom. The van der Waals surface area contributed by atoms with Crippen LogP contribution in [0.15, 0.2) is 54.7 Å². The summed E-state index contributed by atoms with van der Waals surface area (Å²) < 4.78 is 11.5. The van der Waals surface area contributed by atoms with Gasteiger partial charge in [-0.15, -0.1) is 0 Å². The number of hydrogen-bond acceptors (Lipinski definition) is 3. The number of para-hydroxylation sites is 1. The zero-order valence-electron chi connectivity index (χ0n) is 15.6. The first-order chi connectivity index (χ1) is 13.0. The lowest BCUT2D eigenvalue weighted by Crippen LogP contribution is -2.28. The minimum Gasteiger partial charge on any atom is -0.496 e. The average molecular weight is 359 g/mol. The Morgan fingerprint density at radius 2 is 2.04 bits per heavy atom. The maximum atomic E-state index is 12.9. The van der Waals surface area contributed by atoms with Crippen molar-refractivity contribution in [1.29, 1.82) is 0 Å². The highest BCUT2D eigenvalue weighted by Crippen LogP contribution is 2.40. The molecule has 0 aliphatic carbocycles. The van der Waals surface area contributed by atoms with Crippen molar-refractivity contribution in [2.75, 3.05) is 7.11 Å². The minimum absolute atomic E-state index is 0.108. The highest BCUT2D eigenvalue weighted by Gasteiger charge is 2.27. The van der Waals surface area contributed by atoms with Crippen molar-refractivity contribution in [2.45, 2.75) is 19.4 Å². The van der Waals surface area contributed by atoms with Crippen LogP contribution in [0.25, 0.3) is 23.1 Å². The maximum Gasteiger partial charge on any atom is 0.189 e. The Kier molecular flexibility index (Phi) is 4.11. The maximum absolute atomic E-state index is 12.9. The Morgan fingerprint density at radius 3 is 2.85 bits per heavy atom. The van der Waals surface area contributed by atoms with Crippen LogP contribution in [0.2, 0.25) is 0 Å². The predicted octanol–water partition coefficient (Wildman–Crippen LogP) is 5.26. The normalized spacial score (nSPS) is 14.9. The fraction of sp³-hybridized carbons (Fsp3) is 0.174. The number of H-pyrrole nitrogens is 1. The molecule has 3 aromatic rings. The second kappa shape index (κ2) is 6.47. The van der Waals surface area contributed by atoms with Gasteiger partial charge in [0.25, 0.3) is 0 Å². The summed E-state index contributed by atoms with van der Waals surface area (Å²) in [6.07, 6.45) is 9.24. The lowest BCUT2D eigenvalue weighted by molar-refractivity contribution is 0.103. The quantitative estimate of drug-likeness (QED) is 0.511. The second-order valence-corrected chi connectivity index (χ2v) is 7.08. The van der Waals surface area contributed by atoms with Crippen molar-refractivity contribution in [3.8, 4) is 11.5 Å². The monoisotopic (exact) mass is 359 g/mol. The van der Waals surface area contributed by atoms with E-state index in [0.717, 1.165) is 22.0 Å². The number of aromatic amines is 1. The number of rotatable bonds is 4. The van der Waals surface area contributed by atoms with Gasteiger partial charge >= 0.3 is 0 Å². The molecule has 1 aromatic heterocycles. The van der Waals surface area contributed by atoms with E-state index in [2.05, 4.69) is 4.98 Å². The van der Waals surface area contributed by atoms with E-state index in [1.54, 1.807) is 25.3 Å². The fourth-order valence-corrected chi connectivity index (χ4v) is 3.31. The highest BCUT2D eigenvalue weighted by molar-refractivity contribution is 6.10. The van der Waals surface area contributed by atoms with E-state index in [4.69, 9.17) is 9.47 Å². The van der Waals surface area contributed by atoms with Gasteiger partial charge in [-0.05, 0) is 67.3 Å². The number of methoxy groups -OCH3 is 1. The molecule has 4 nitrogen and oxygen atoms in total. The van der Waals surface area contributed by atoms with Crippen molar-refractivity contribution in [3.63, 3.8) is 0 Å². The molecule has 2 aromatic carbocycles. The molecule has 0 fully saturated rings. The summed E-state index contributed by atoms with van der Waals surface area (Å²) in [6.45, 7) is 3.92. The lowest BCUT2D eigenvalue weighted by Gasteiger charge is -2.29. The SMILES string of the molecule is COc1ccc(C(=O)/C=C/c2cccc3cc[nH]c23)c2c1C=CC(C)(C)O2. The molecule has 0 atom stereocenters. The number of ether oxygens (including phenoxy) is 2. The van der Waals surface area contributed by atoms with E-state index < -0.39 is 5.60 Å². The summed E-state index contributed by atoms with van der Waals surface area (Å²) >= 11 is 0. The molecule has 2 heterocycles. The number of aromatic nitrogens is 1. The molecule has 136 valence electrons. The smallest absolute Gasteiger partial charge is 0.189 e. The van der Waals surface area contributed by atoms with Crippen LogP contribution in [0.1, 0.15) is 35.3 Å². The van der Waals surface area contributed by atoms with Gasteiger partial charge in [0.2, 0.25) is 0 Å². The van der Waals surface area contributed by atoms with Gasteiger partial charge in [0.05, 0.1) is 23.8 Å². The molecule has 1 aliphatic heterocycles. The number of benzene rings is 2. The van der Waals surface area contributed by atoms with E-state index in [-0.39, 0.29) is 5.78 Å². The molecule has 0 saturated heterocycles. The number of ketones is 1. The third-order valence-corrected chi connectivity index (χ3v) is 4.69. The summed E-state index contributed by atoms with van der Waals surface area (Å²) in [4.78, 5) is 16.1. The molecule has 0 unspecified atom stereocenters. The van der Waals surface area contributed by atoms with Crippen molar-refractivity contribution < 1.29 is 14.3 Å². The first-order valence-corrected chi connectivity index (χ1v) is 8.86. The van der Waals surface area contributed by atoms with Gasteiger partial charge in [0, 0.05) is 6.20 Å². The number of carbonyl (C=O) groups excluding carboxylic acids is 1. The van der Waals surface area contributed by atoms with Gasteiger partial charge in [-0.3, -0.25) is 4.79 Å². The van der Waals surface area contributed by atoms with Gasteiger partial charge in [-0.1, -0.05) is 18.2 Å². The summed E-state index contributed by atoms with van der Waals surface area (Å²) in [5, 5.41) is 1.11. The molecule has 0 bridgehead atoms. The molecule has 0 radical (unpaired) electrons. The molecular formula is C23H21NO3. The number of nitrogens with one attached hydrogen (secondary N) is 1. The zero-order valence-corrected chi connectivity index (χ0v) is 15.6. The van der Waals surface area contributed by atoms with Crippen molar-refractivity contribution in [3.05, 3.63) is 71.4 Å². The zero-order chi connectivity index (χ0) is 19.0. The van der Waals surface area contributed by atoms with Crippen LogP contribution in [-0.4, -0.2) is 23.5 Å². The molecule has 4 heteroatoms. The first-order valence-electron chi connectivity index (χ1n) is 8.86. The molecular weight excluding hydrogens is 338 g/mol. The van der Waals surface area contributed by atoms with E-state index in [1.807, 2.05) is 62.5 Å². The Labute approximate surface area is 158 Å². The minimum atomic E-state index is -0.478. The third-order valence-electron chi connectivity index (χ3n) is 4.69. The number of allylic oxidation sites excluding steroid dienone is 1. The number of hydrogen-bond donors (Lipinski definition) is 1. The predicted molar refractivity (Wildman–Crippen MR) is 108 cm³/mol. The Bertz CT molecular complexity index is 1090. The van der Waals surface area contributed by atoms with Crippen LogP contribution in [0.3, 0.4) is 0 Å². The van der Waals surface area contributed by atoms with Crippen molar-refractivity contribution in [2.24, 2.45) is 0 Å². The first kappa shape index (κ1) is 17.2. The second-order valence-electron chi connectivity index (χ2n) is 7.08. The average Bonchev–Trinajstić information content (AvgIpc) is 3.13. The van der Waals surface area contributed by atoms with Crippen molar-refractivity contribution >= 4 is 28.8 Å². The highest BCUT2D eigenvalue weighted by atomic mass is 16.5. The molecule has 0 saturated carbocycles. The largest absolute Gasteiger partial charge is 0.496 e. The van der Waals surface area contributed by atoms with Crippen LogP contribution >= 0.6 is 0 Å². The van der Waals surface area contributed by atoms with Crippen molar-refractivity contribution in [1.82, 2.24) is 4.98 Å². The van der Waals surface area contributed by atoms with E-state index in [1.165, 1.54) is 0 Å². The molecule has 1 aliphatic rings. The molecule has 0 amide bonds. The van der Waals surface area contributed by atoms with Gasteiger partial charge in [-0.2, -0.15) is 0 Å². The van der Waals surface area contributed by atoms with E-state index >= 15 is 0 Å². The third kappa shape index (κ3) is 3.14. The summed E-state index contributed by atoms with van der Waals surface area (Å²) in [5.41, 5.74) is 2.82. The number of carbonyl (C=O) groups is 1. The lowest BCUT2D eigenvalue weighted by atomic mass is 9.97. The Balaban J connectivity index is 1.73. The molecule has 0 spiro atoms. The summed E-state index contributed by atoms with van der Waals surface area (Å²) in [5.74, 6) is 1.14. The van der Waals surface area contributed by atoms with Crippen LogP contribution in [0.5, 0.6) is 11.5 Å². The van der Waals surface area contributed by atoms with E-state index in [9.17, 15) is 4.79 Å². The van der Waals surface area contributed by atoms with Gasteiger partial charge in [-0.25, -0.2) is 0 Å². The van der Waals surface area contributed by atoms with Gasteiger partial charge in [0.15, 0.2) is 5.78 Å². The summed E-state index contributed by atoms with van der Waals surface area (Å²) in [7, 11) is 1.61. The standard InChI is InChI=1S/C23H21NO3/c1-23(2)13-11-18-20(26-3)10-8-17(22(18)27-23)19(25)9-7-15-5-4-6-16-12-14-24-21(15)16/h4-14,24H,1-3H3/b9-7+. The molecule has 4 rings (SSSR count).